The number of sulfonamides is 1. The molecule has 3 aliphatic rings. The molecule has 2 atom stereocenters. The first-order chi connectivity index (χ1) is 19.9. The molecule has 6 rings (SSSR count). The molecule has 1 amide bonds. The molecular weight excluding hydrogens is 607 g/mol. The Bertz CT molecular complexity index is 1650. The fourth-order valence-corrected chi connectivity index (χ4v) is 6.81. The van der Waals surface area contributed by atoms with Gasteiger partial charge in [-0.05, 0) is 62.4 Å². The summed E-state index contributed by atoms with van der Waals surface area (Å²) < 4.78 is 77.0. The van der Waals surface area contributed by atoms with E-state index in [0.29, 0.717) is 12.2 Å². The Morgan fingerprint density at radius 1 is 1.05 bits per heavy atom. The zero-order valence-electron chi connectivity index (χ0n) is 23.4. The molecule has 1 aliphatic carbocycles. The molecule has 3 aromatic rings. The van der Waals surface area contributed by atoms with Gasteiger partial charge in [-0.2, -0.15) is 18.2 Å². The molecule has 2 aromatic carbocycles. The number of benzene rings is 2. The van der Waals surface area contributed by atoms with E-state index >= 15 is 0 Å². The van der Waals surface area contributed by atoms with Gasteiger partial charge in [-0.1, -0.05) is 24.3 Å². The highest BCUT2D eigenvalue weighted by Crippen LogP contribution is 2.60. The zero-order chi connectivity index (χ0) is 29.9. The molecule has 0 unspecified atom stereocenters. The third-order valence-electron chi connectivity index (χ3n) is 8.40. The molecule has 0 radical (unpaired) electrons. The van der Waals surface area contributed by atoms with Crippen molar-refractivity contribution in [2.75, 3.05) is 24.4 Å². The maximum absolute atomic E-state index is 13.9. The third-order valence-corrected chi connectivity index (χ3v) is 9.73. The molecule has 1 saturated carbocycles. The number of hydrogen-bond acceptors (Lipinski definition) is 7. The van der Waals surface area contributed by atoms with E-state index in [-0.39, 0.29) is 67.0 Å². The summed E-state index contributed by atoms with van der Waals surface area (Å²) in [7, 11) is -4.24. The lowest BCUT2D eigenvalue weighted by Gasteiger charge is -2.34. The number of anilines is 1. The SMILES string of the molecule is Cc1cccc(C)c1-c1cc2nc(n1)NS(=O)(=O)c1cccc(c1)C(=O)N(CCC1(C(F)(F)F)CC1)[C@@H]1CNC[C@H]1O2.Cl. The third kappa shape index (κ3) is 5.89. The minimum atomic E-state index is -4.37. The van der Waals surface area contributed by atoms with Gasteiger partial charge in [0.25, 0.3) is 15.9 Å². The zero-order valence-corrected chi connectivity index (χ0v) is 25.1. The summed E-state index contributed by atoms with van der Waals surface area (Å²) in [5.41, 5.74) is 1.28. The minimum absolute atomic E-state index is 0. The average Bonchev–Trinajstić information content (AvgIpc) is 3.60. The van der Waals surface area contributed by atoms with Crippen LogP contribution >= 0.6 is 12.4 Å². The maximum atomic E-state index is 13.9. The molecule has 2 N–H and O–H groups in total. The van der Waals surface area contributed by atoms with Crippen LogP contribution in [-0.4, -0.2) is 67.1 Å². The first kappa shape index (κ1) is 31.0. The molecule has 14 heteroatoms. The molecule has 1 aromatic heterocycles. The molecule has 230 valence electrons. The monoisotopic (exact) mass is 637 g/mol. The first-order valence-electron chi connectivity index (χ1n) is 13.7. The number of hydrogen-bond donors (Lipinski definition) is 2. The van der Waals surface area contributed by atoms with Crippen molar-refractivity contribution in [3.63, 3.8) is 0 Å². The van der Waals surface area contributed by atoms with E-state index in [2.05, 4.69) is 20.0 Å². The van der Waals surface area contributed by atoms with Crippen molar-refractivity contribution in [3.8, 4) is 17.1 Å². The fourth-order valence-electron chi connectivity index (χ4n) is 5.82. The predicted octanol–water partition coefficient (Wildman–Crippen LogP) is 4.89. The highest BCUT2D eigenvalue weighted by Gasteiger charge is 2.62. The van der Waals surface area contributed by atoms with E-state index in [1.165, 1.54) is 29.2 Å². The second-order valence-electron chi connectivity index (χ2n) is 11.2. The lowest BCUT2D eigenvalue weighted by Crippen LogP contribution is -2.50. The van der Waals surface area contributed by atoms with Gasteiger partial charge >= 0.3 is 6.18 Å². The normalized spacial score (nSPS) is 22.1. The van der Waals surface area contributed by atoms with Crippen LogP contribution in [0.15, 0.2) is 53.4 Å². The van der Waals surface area contributed by atoms with Gasteiger partial charge in [-0.15, -0.1) is 12.4 Å². The number of alkyl halides is 3. The quantitative estimate of drug-likeness (QED) is 0.419. The number of ether oxygens (including phenoxy) is 1. The number of carbonyl (C=O) groups is 1. The predicted molar refractivity (Wildman–Crippen MR) is 156 cm³/mol. The molecule has 9 nitrogen and oxygen atoms in total. The van der Waals surface area contributed by atoms with Crippen molar-refractivity contribution >= 4 is 34.3 Å². The van der Waals surface area contributed by atoms with E-state index in [4.69, 9.17) is 4.74 Å². The lowest BCUT2D eigenvalue weighted by atomic mass is 10.00. The summed E-state index contributed by atoms with van der Waals surface area (Å²) >= 11 is 0. The van der Waals surface area contributed by atoms with Crippen molar-refractivity contribution in [3.05, 3.63) is 65.2 Å². The van der Waals surface area contributed by atoms with E-state index in [0.717, 1.165) is 16.7 Å². The smallest absolute Gasteiger partial charge is 0.394 e. The average molecular weight is 638 g/mol. The van der Waals surface area contributed by atoms with Crippen LogP contribution in [0.4, 0.5) is 19.1 Å². The van der Waals surface area contributed by atoms with Crippen molar-refractivity contribution in [2.24, 2.45) is 5.41 Å². The first-order valence-corrected chi connectivity index (χ1v) is 15.2. The molecule has 4 bridgehead atoms. The number of rotatable bonds is 4. The largest absolute Gasteiger partial charge is 0.471 e. The molecular formula is C29H31ClF3N5O4S. The Balaban J connectivity index is 0.00000368. The molecule has 3 heterocycles. The van der Waals surface area contributed by atoms with E-state index < -0.39 is 39.7 Å². The molecule has 2 fully saturated rings. The maximum Gasteiger partial charge on any atom is 0.394 e. The van der Waals surface area contributed by atoms with Gasteiger partial charge in [-0.3, -0.25) is 4.79 Å². The van der Waals surface area contributed by atoms with Crippen LogP contribution in [0.2, 0.25) is 0 Å². The van der Waals surface area contributed by atoms with Crippen LogP contribution < -0.4 is 14.8 Å². The van der Waals surface area contributed by atoms with Crippen molar-refractivity contribution in [1.82, 2.24) is 20.2 Å². The van der Waals surface area contributed by atoms with Gasteiger partial charge in [0.15, 0.2) is 0 Å². The fraction of sp³-hybridized carbons (Fsp3) is 0.414. The van der Waals surface area contributed by atoms with Gasteiger partial charge in [0.05, 0.1) is 22.0 Å². The Morgan fingerprint density at radius 2 is 1.74 bits per heavy atom. The molecule has 2 aliphatic heterocycles. The summed E-state index contributed by atoms with van der Waals surface area (Å²) in [6.07, 6.45) is -5.24. The van der Waals surface area contributed by atoms with Gasteiger partial charge in [0.2, 0.25) is 11.8 Å². The van der Waals surface area contributed by atoms with Crippen LogP contribution in [0.5, 0.6) is 5.88 Å². The van der Waals surface area contributed by atoms with Crippen molar-refractivity contribution < 1.29 is 31.1 Å². The van der Waals surface area contributed by atoms with Gasteiger partial charge in [0.1, 0.15) is 6.10 Å². The van der Waals surface area contributed by atoms with Gasteiger partial charge in [-0.25, -0.2) is 18.1 Å². The standard InChI is InChI=1S/C29H30F3N5O4S.ClH/c1-17-5-3-6-18(2)25(17)21-14-24-35-27(34-21)36-42(39,40)20-8-4-7-19(13-20)26(38)37(22-15-33-16-23(22)41-24)12-11-28(9-10-28)29(30,31)32;/h3-8,13-14,22-23,33H,9-12,15-16H2,1-2H3,(H,34,35,36);1H/t22-,23-;/m1./s1. The molecule has 43 heavy (non-hydrogen) atoms. The van der Waals surface area contributed by atoms with E-state index in [9.17, 15) is 26.4 Å². The van der Waals surface area contributed by atoms with Crippen LogP contribution in [0.1, 0.15) is 40.7 Å². The summed E-state index contributed by atoms with van der Waals surface area (Å²) in [4.78, 5) is 23.9. The Labute approximate surface area is 253 Å². The van der Waals surface area contributed by atoms with Crippen LogP contribution in [0.3, 0.4) is 0 Å². The number of nitrogens with zero attached hydrogens (tertiary/aromatic N) is 3. The topological polar surface area (TPSA) is 114 Å². The number of amides is 1. The van der Waals surface area contributed by atoms with Crippen molar-refractivity contribution in [1.29, 1.82) is 0 Å². The number of halogens is 4. The number of carbonyl (C=O) groups excluding carboxylic acids is 1. The Morgan fingerprint density at radius 3 is 2.42 bits per heavy atom. The highest BCUT2D eigenvalue weighted by atomic mass is 35.5. The number of nitrogens with one attached hydrogen (secondary N) is 2. The van der Waals surface area contributed by atoms with Gasteiger partial charge < -0.3 is 15.0 Å². The van der Waals surface area contributed by atoms with E-state index in [1.807, 2.05) is 32.0 Å². The number of aryl methyl sites for hydroxylation is 2. The van der Waals surface area contributed by atoms with Crippen LogP contribution in [-0.2, 0) is 10.0 Å². The summed E-state index contributed by atoms with van der Waals surface area (Å²) in [5.74, 6) is -0.701. The van der Waals surface area contributed by atoms with Gasteiger partial charge in [0, 0.05) is 36.8 Å². The second-order valence-corrected chi connectivity index (χ2v) is 12.9. The summed E-state index contributed by atoms with van der Waals surface area (Å²) in [6.45, 7) is 4.26. The van der Waals surface area contributed by atoms with Crippen molar-refractivity contribution in [2.45, 2.75) is 56.3 Å². The molecule has 1 saturated heterocycles. The second kappa shape index (κ2) is 11.3. The number of aromatic nitrogens is 2. The van der Waals surface area contributed by atoms with Crippen LogP contribution in [0.25, 0.3) is 11.3 Å². The Kier molecular flexibility index (Phi) is 8.12. The Hall–Kier alpha value is -3.42. The lowest BCUT2D eigenvalue weighted by molar-refractivity contribution is -0.189. The minimum Gasteiger partial charge on any atom is -0.471 e. The summed E-state index contributed by atoms with van der Waals surface area (Å²) in [5, 5.41) is 3.19. The summed E-state index contributed by atoms with van der Waals surface area (Å²) in [6, 6.07) is 12.2. The number of fused-ring (bicyclic) bond motifs is 5. The van der Waals surface area contributed by atoms with Crippen LogP contribution in [0, 0.1) is 19.3 Å². The molecule has 0 spiro atoms. The highest BCUT2D eigenvalue weighted by molar-refractivity contribution is 7.92. The van der Waals surface area contributed by atoms with E-state index in [1.54, 1.807) is 6.07 Å².